The van der Waals surface area contributed by atoms with Gasteiger partial charge in [-0.2, -0.15) is 0 Å². The van der Waals surface area contributed by atoms with Gasteiger partial charge in [0.1, 0.15) is 11.5 Å². The quantitative estimate of drug-likeness (QED) is 0.614. The van der Waals surface area contributed by atoms with E-state index in [2.05, 4.69) is 6.92 Å². The molecule has 0 unspecified atom stereocenters. The summed E-state index contributed by atoms with van der Waals surface area (Å²) in [5.74, 6) is 0.447. The van der Waals surface area contributed by atoms with Gasteiger partial charge in [-0.25, -0.2) is 0 Å². The maximum atomic E-state index is 13.0. The molecule has 1 heterocycles. The van der Waals surface area contributed by atoms with E-state index < -0.39 is 0 Å². The first kappa shape index (κ1) is 13.7. The van der Waals surface area contributed by atoms with Crippen molar-refractivity contribution in [2.75, 3.05) is 0 Å². The van der Waals surface area contributed by atoms with E-state index in [0.717, 1.165) is 36.0 Å². The second-order valence-electron chi connectivity index (χ2n) is 7.03. The summed E-state index contributed by atoms with van der Waals surface area (Å²) in [4.78, 5) is 13.0. The lowest BCUT2D eigenvalue weighted by Crippen LogP contribution is -2.35. The second-order valence-corrected chi connectivity index (χ2v) is 7.03. The molecule has 4 nitrogen and oxygen atoms in total. The van der Waals surface area contributed by atoms with Crippen molar-refractivity contribution in [2.24, 2.45) is 0 Å². The summed E-state index contributed by atoms with van der Waals surface area (Å²) in [6.45, 7) is 2.14. The number of benzene rings is 2. The number of furan rings is 1. The monoisotopic (exact) mass is 320 g/mol. The molecule has 0 fully saturated rings. The Morgan fingerprint density at radius 1 is 1.12 bits per heavy atom. The molecule has 2 aliphatic carbocycles. The standard InChI is InChI=1S/C20H16O4/c1-20-6-2-3-10-9-24-19(17(10)20)18(23)13-7-11-12(8-14(13)20)16(22)5-4-15(11)21/h4-5,7-9,21-22H,2-3,6H2,1H3/t20-/m0/s1. The van der Waals surface area contributed by atoms with Gasteiger partial charge in [-0.1, -0.05) is 6.92 Å². The maximum absolute atomic E-state index is 13.0. The minimum atomic E-state index is -0.300. The van der Waals surface area contributed by atoms with Gasteiger partial charge in [0.05, 0.1) is 6.26 Å². The van der Waals surface area contributed by atoms with Crippen molar-refractivity contribution in [3.8, 4) is 11.5 Å². The molecule has 0 radical (unpaired) electrons. The van der Waals surface area contributed by atoms with E-state index in [0.29, 0.717) is 22.1 Å². The van der Waals surface area contributed by atoms with Crippen molar-refractivity contribution < 1.29 is 19.4 Å². The number of phenolic OH excluding ortho intramolecular Hbond substituents is 2. The van der Waals surface area contributed by atoms with Crippen molar-refractivity contribution in [1.82, 2.24) is 0 Å². The zero-order valence-corrected chi connectivity index (χ0v) is 13.2. The largest absolute Gasteiger partial charge is 0.507 e. The van der Waals surface area contributed by atoms with Crippen LogP contribution in [0.1, 0.15) is 52.6 Å². The van der Waals surface area contributed by atoms with Crippen LogP contribution in [0.2, 0.25) is 0 Å². The lowest BCUT2D eigenvalue weighted by molar-refractivity contribution is 0.0998. The van der Waals surface area contributed by atoms with Gasteiger partial charge < -0.3 is 14.6 Å². The third-order valence-electron chi connectivity index (χ3n) is 5.70. The predicted octanol–water partition coefficient (Wildman–Crippen LogP) is 4.03. The van der Waals surface area contributed by atoms with E-state index in [1.807, 2.05) is 6.07 Å². The van der Waals surface area contributed by atoms with E-state index in [1.54, 1.807) is 12.3 Å². The number of phenols is 2. The van der Waals surface area contributed by atoms with Gasteiger partial charge in [-0.15, -0.1) is 0 Å². The average Bonchev–Trinajstić information content (AvgIpc) is 3.02. The highest BCUT2D eigenvalue weighted by molar-refractivity contribution is 6.14. The Morgan fingerprint density at radius 3 is 2.58 bits per heavy atom. The van der Waals surface area contributed by atoms with Crippen molar-refractivity contribution in [3.05, 3.63) is 58.5 Å². The van der Waals surface area contributed by atoms with Crippen LogP contribution in [0.25, 0.3) is 10.8 Å². The SMILES string of the molecule is C[C@@]12CCCc3coc(c31)C(=O)c1cc3c(O)ccc(O)c3cc12. The minimum absolute atomic E-state index is 0.0538. The second kappa shape index (κ2) is 4.20. The first-order valence-corrected chi connectivity index (χ1v) is 8.15. The lowest BCUT2D eigenvalue weighted by atomic mass is 9.63. The third kappa shape index (κ3) is 1.46. The Labute approximate surface area is 138 Å². The Morgan fingerprint density at radius 2 is 1.83 bits per heavy atom. The van der Waals surface area contributed by atoms with Gasteiger partial charge in [0.15, 0.2) is 5.76 Å². The van der Waals surface area contributed by atoms with E-state index in [4.69, 9.17) is 4.42 Å². The molecule has 1 aromatic heterocycles. The van der Waals surface area contributed by atoms with Gasteiger partial charge in [0.2, 0.25) is 5.78 Å². The molecule has 0 spiro atoms. The molecule has 24 heavy (non-hydrogen) atoms. The molecule has 1 atom stereocenters. The minimum Gasteiger partial charge on any atom is -0.507 e. The van der Waals surface area contributed by atoms with Crippen molar-refractivity contribution in [2.45, 2.75) is 31.6 Å². The molecule has 2 aliphatic rings. The molecule has 3 aromatic rings. The Hall–Kier alpha value is -2.75. The zero-order valence-electron chi connectivity index (χ0n) is 13.2. The number of ketones is 1. The molecule has 2 aromatic carbocycles. The Bertz CT molecular complexity index is 1040. The summed E-state index contributed by atoms with van der Waals surface area (Å²) in [6, 6.07) is 6.47. The molecule has 4 heteroatoms. The van der Waals surface area contributed by atoms with E-state index in [9.17, 15) is 15.0 Å². The van der Waals surface area contributed by atoms with Crippen molar-refractivity contribution >= 4 is 16.6 Å². The molecule has 0 bridgehead atoms. The van der Waals surface area contributed by atoms with Crippen LogP contribution in [0.5, 0.6) is 11.5 Å². The fourth-order valence-corrected chi connectivity index (χ4v) is 4.50. The first-order valence-electron chi connectivity index (χ1n) is 8.15. The predicted molar refractivity (Wildman–Crippen MR) is 88.8 cm³/mol. The highest BCUT2D eigenvalue weighted by atomic mass is 16.3. The van der Waals surface area contributed by atoms with Crippen LogP contribution in [-0.4, -0.2) is 16.0 Å². The highest BCUT2D eigenvalue weighted by Gasteiger charge is 2.46. The van der Waals surface area contributed by atoms with Gasteiger partial charge in [0.25, 0.3) is 0 Å². The molecular weight excluding hydrogens is 304 g/mol. The summed E-state index contributed by atoms with van der Waals surface area (Å²) in [5, 5.41) is 21.4. The van der Waals surface area contributed by atoms with E-state index in [1.165, 1.54) is 12.1 Å². The summed E-state index contributed by atoms with van der Waals surface area (Å²) in [6.07, 6.45) is 4.59. The molecule has 0 amide bonds. The van der Waals surface area contributed by atoms with Crippen LogP contribution in [0.3, 0.4) is 0 Å². The number of fused-ring (bicyclic) bond motifs is 3. The first-order chi connectivity index (χ1) is 11.5. The van der Waals surface area contributed by atoms with E-state index in [-0.39, 0.29) is 22.7 Å². The fourth-order valence-electron chi connectivity index (χ4n) is 4.50. The van der Waals surface area contributed by atoms with Crippen LogP contribution in [0.15, 0.2) is 34.9 Å². The van der Waals surface area contributed by atoms with Crippen LogP contribution in [-0.2, 0) is 11.8 Å². The Balaban J connectivity index is 1.92. The normalized spacial score (nSPS) is 21.6. The molecule has 0 saturated heterocycles. The number of aromatic hydroxyl groups is 2. The molecule has 5 rings (SSSR count). The maximum Gasteiger partial charge on any atom is 0.228 e. The van der Waals surface area contributed by atoms with Gasteiger partial charge >= 0.3 is 0 Å². The fraction of sp³-hybridized carbons (Fsp3) is 0.250. The van der Waals surface area contributed by atoms with Crippen molar-refractivity contribution in [3.63, 3.8) is 0 Å². The van der Waals surface area contributed by atoms with Gasteiger partial charge in [-0.3, -0.25) is 4.79 Å². The zero-order chi connectivity index (χ0) is 16.6. The summed E-state index contributed by atoms with van der Waals surface area (Å²) in [7, 11) is 0. The number of hydrogen-bond acceptors (Lipinski definition) is 4. The van der Waals surface area contributed by atoms with Gasteiger partial charge in [-0.05, 0) is 54.7 Å². The molecular formula is C20H16O4. The average molecular weight is 320 g/mol. The number of carbonyl (C=O) groups is 1. The summed E-state index contributed by atoms with van der Waals surface area (Å²) >= 11 is 0. The third-order valence-corrected chi connectivity index (χ3v) is 5.70. The number of aryl methyl sites for hydroxylation is 1. The van der Waals surface area contributed by atoms with Crippen LogP contribution < -0.4 is 0 Å². The molecule has 0 saturated carbocycles. The highest BCUT2D eigenvalue weighted by Crippen LogP contribution is 2.51. The lowest BCUT2D eigenvalue weighted by Gasteiger charge is -2.39. The molecule has 0 aliphatic heterocycles. The smallest absolute Gasteiger partial charge is 0.228 e. The molecule has 120 valence electrons. The Kier molecular flexibility index (Phi) is 2.39. The summed E-state index contributed by atoms with van der Waals surface area (Å²) in [5.41, 5.74) is 3.28. The van der Waals surface area contributed by atoms with E-state index >= 15 is 0 Å². The van der Waals surface area contributed by atoms with Crippen LogP contribution >= 0.6 is 0 Å². The topological polar surface area (TPSA) is 70.7 Å². The van der Waals surface area contributed by atoms with Gasteiger partial charge in [0, 0.05) is 27.3 Å². The van der Waals surface area contributed by atoms with Crippen LogP contribution in [0.4, 0.5) is 0 Å². The van der Waals surface area contributed by atoms with Crippen LogP contribution in [0, 0.1) is 0 Å². The molecule has 2 N–H and O–H groups in total. The van der Waals surface area contributed by atoms with Crippen molar-refractivity contribution in [1.29, 1.82) is 0 Å². The number of rotatable bonds is 0. The summed E-state index contributed by atoms with van der Waals surface area (Å²) < 4.78 is 5.63. The number of carbonyl (C=O) groups excluding carboxylic acids is 1. The number of hydrogen-bond donors (Lipinski definition) is 2.